The first-order valence-corrected chi connectivity index (χ1v) is 4.68. The molecule has 3 nitrogen and oxygen atoms in total. The van der Waals surface area contributed by atoms with Gasteiger partial charge in [0.1, 0.15) is 0 Å². The SMILES string of the molecule is CC(N)C(=O)c1cccc2c1COC2. The van der Waals surface area contributed by atoms with Crippen LogP contribution in [0.15, 0.2) is 18.2 Å². The topological polar surface area (TPSA) is 52.3 Å². The summed E-state index contributed by atoms with van der Waals surface area (Å²) in [5, 5.41) is 0. The van der Waals surface area contributed by atoms with Crippen LogP contribution in [0.3, 0.4) is 0 Å². The molecule has 1 heterocycles. The molecule has 0 spiro atoms. The Labute approximate surface area is 82.9 Å². The standard InChI is InChI=1S/C11H13NO2/c1-7(12)11(13)9-4-2-3-8-5-14-6-10(8)9/h2-4,7H,5-6,12H2,1H3. The third-order valence-corrected chi connectivity index (χ3v) is 2.46. The number of hydrogen-bond donors (Lipinski definition) is 1. The monoisotopic (exact) mass is 191 g/mol. The Kier molecular flexibility index (Phi) is 2.35. The molecule has 1 unspecified atom stereocenters. The van der Waals surface area contributed by atoms with Gasteiger partial charge in [-0.25, -0.2) is 0 Å². The van der Waals surface area contributed by atoms with Crippen molar-refractivity contribution in [2.75, 3.05) is 0 Å². The summed E-state index contributed by atoms with van der Waals surface area (Å²) in [6.45, 7) is 2.84. The zero-order valence-corrected chi connectivity index (χ0v) is 8.12. The lowest BCUT2D eigenvalue weighted by Gasteiger charge is -2.08. The molecular weight excluding hydrogens is 178 g/mol. The molecule has 0 radical (unpaired) electrons. The van der Waals surface area contributed by atoms with Crippen LogP contribution in [-0.2, 0) is 18.0 Å². The highest BCUT2D eigenvalue weighted by Crippen LogP contribution is 2.23. The van der Waals surface area contributed by atoms with Gasteiger partial charge in [-0.3, -0.25) is 4.79 Å². The van der Waals surface area contributed by atoms with E-state index in [1.807, 2.05) is 18.2 Å². The van der Waals surface area contributed by atoms with Gasteiger partial charge in [0.15, 0.2) is 5.78 Å². The van der Waals surface area contributed by atoms with Gasteiger partial charge in [0, 0.05) is 5.56 Å². The van der Waals surface area contributed by atoms with Crippen LogP contribution in [0.4, 0.5) is 0 Å². The van der Waals surface area contributed by atoms with Crippen LogP contribution in [0.1, 0.15) is 28.4 Å². The molecule has 0 bridgehead atoms. The summed E-state index contributed by atoms with van der Waals surface area (Å²) in [5.74, 6) is -0.00708. The van der Waals surface area contributed by atoms with E-state index in [0.717, 1.165) is 16.7 Å². The van der Waals surface area contributed by atoms with Gasteiger partial charge >= 0.3 is 0 Å². The molecule has 14 heavy (non-hydrogen) atoms. The van der Waals surface area contributed by atoms with Crippen molar-refractivity contribution < 1.29 is 9.53 Å². The predicted molar refractivity (Wildman–Crippen MR) is 52.9 cm³/mol. The molecule has 1 atom stereocenters. The normalized spacial score (nSPS) is 16.4. The van der Waals surface area contributed by atoms with Gasteiger partial charge in [-0.2, -0.15) is 0 Å². The van der Waals surface area contributed by atoms with E-state index in [2.05, 4.69) is 0 Å². The number of nitrogens with two attached hydrogens (primary N) is 1. The fourth-order valence-electron chi connectivity index (χ4n) is 1.68. The van der Waals surface area contributed by atoms with E-state index in [1.165, 1.54) is 0 Å². The van der Waals surface area contributed by atoms with Crippen LogP contribution in [0.25, 0.3) is 0 Å². The maximum absolute atomic E-state index is 11.7. The quantitative estimate of drug-likeness (QED) is 0.716. The Balaban J connectivity index is 2.44. The molecule has 0 saturated heterocycles. The van der Waals surface area contributed by atoms with Crippen LogP contribution in [-0.4, -0.2) is 11.8 Å². The van der Waals surface area contributed by atoms with Crippen molar-refractivity contribution in [1.29, 1.82) is 0 Å². The zero-order valence-electron chi connectivity index (χ0n) is 8.12. The minimum atomic E-state index is -0.443. The van der Waals surface area contributed by atoms with Gasteiger partial charge in [0.2, 0.25) is 0 Å². The number of carbonyl (C=O) groups excluding carboxylic acids is 1. The molecule has 2 N–H and O–H groups in total. The van der Waals surface area contributed by atoms with Crippen LogP contribution in [0.5, 0.6) is 0 Å². The number of benzene rings is 1. The summed E-state index contributed by atoms with van der Waals surface area (Å²) in [5.41, 5.74) is 8.41. The van der Waals surface area contributed by atoms with E-state index in [1.54, 1.807) is 6.92 Å². The van der Waals surface area contributed by atoms with Gasteiger partial charge in [-0.1, -0.05) is 18.2 Å². The Morgan fingerprint density at radius 3 is 3.00 bits per heavy atom. The first-order chi connectivity index (χ1) is 6.70. The van der Waals surface area contributed by atoms with Crippen LogP contribution in [0, 0.1) is 0 Å². The van der Waals surface area contributed by atoms with Crippen LogP contribution < -0.4 is 5.73 Å². The highest BCUT2D eigenvalue weighted by Gasteiger charge is 2.20. The molecule has 1 aromatic rings. The molecule has 0 aliphatic carbocycles. The van der Waals surface area contributed by atoms with Crippen molar-refractivity contribution in [3.8, 4) is 0 Å². The second-order valence-electron chi connectivity index (χ2n) is 3.59. The van der Waals surface area contributed by atoms with Crippen molar-refractivity contribution in [3.63, 3.8) is 0 Å². The van der Waals surface area contributed by atoms with Crippen LogP contribution >= 0.6 is 0 Å². The third-order valence-electron chi connectivity index (χ3n) is 2.46. The van der Waals surface area contributed by atoms with Gasteiger partial charge in [0.25, 0.3) is 0 Å². The maximum Gasteiger partial charge on any atom is 0.179 e. The van der Waals surface area contributed by atoms with Crippen molar-refractivity contribution in [2.45, 2.75) is 26.2 Å². The first-order valence-electron chi connectivity index (χ1n) is 4.68. The first kappa shape index (κ1) is 9.37. The molecule has 1 aliphatic rings. The zero-order chi connectivity index (χ0) is 10.1. The van der Waals surface area contributed by atoms with E-state index in [4.69, 9.17) is 10.5 Å². The van der Waals surface area contributed by atoms with E-state index in [9.17, 15) is 4.79 Å². The molecule has 1 aromatic carbocycles. The van der Waals surface area contributed by atoms with Gasteiger partial charge in [-0.05, 0) is 18.1 Å². The average Bonchev–Trinajstić information content (AvgIpc) is 2.63. The van der Waals surface area contributed by atoms with Gasteiger partial charge < -0.3 is 10.5 Å². The molecule has 0 aromatic heterocycles. The minimum absolute atomic E-state index is 0.00708. The highest BCUT2D eigenvalue weighted by molar-refractivity contribution is 6.01. The summed E-state index contributed by atoms with van der Waals surface area (Å²) in [6.07, 6.45) is 0. The van der Waals surface area contributed by atoms with Crippen molar-refractivity contribution in [3.05, 3.63) is 34.9 Å². The number of fused-ring (bicyclic) bond motifs is 1. The number of ketones is 1. The Morgan fingerprint density at radius 1 is 1.50 bits per heavy atom. The number of Topliss-reactive ketones (excluding diaryl/α,β-unsaturated/α-hetero) is 1. The Morgan fingerprint density at radius 2 is 2.29 bits per heavy atom. The second-order valence-corrected chi connectivity index (χ2v) is 3.59. The molecule has 0 fully saturated rings. The smallest absolute Gasteiger partial charge is 0.179 e. The Bertz CT molecular complexity index is 372. The lowest BCUT2D eigenvalue weighted by Crippen LogP contribution is -2.27. The third kappa shape index (κ3) is 1.45. The number of ether oxygens (including phenoxy) is 1. The molecule has 2 rings (SSSR count). The van der Waals surface area contributed by atoms with Gasteiger partial charge in [-0.15, -0.1) is 0 Å². The fraction of sp³-hybridized carbons (Fsp3) is 0.364. The van der Waals surface area contributed by atoms with E-state index in [0.29, 0.717) is 13.2 Å². The summed E-state index contributed by atoms with van der Waals surface area (Å²) in [4.78, 5) is 11.7. The highest BCUT2D eigenvalue weighted by atomic mass is 16.5. The lowest BCUT2D eigenvalue weighted by molar-refractivity contribution is 0.0962. The lowest BCUT2D eigenvalue weighted by atomic mass is 9.97. The summed E-state index contributed by atoms with van der Waals surface area (Å²) in [6, 6.07) is 5.24. The molecule has 0 amide bonds. The number of rotatable bonds is 2. The summed E-state index contributed by atoms with van der Waals surface area (Å²) < 4.78 is 5.29. The molecule has 0 saturated carbocycles. The average molecular weight is 191 g/mol. The summed E-state index contributed by atoms with van der Waals surface area (Å²) in [7, 11) is 0. The number of hydrogen-bond acceptors (Lipinski definition) is 3. The van der Waals surface area contributed by atoms with E-state index >= 15 is 0 Å². The summed E-state index contributed by atoms with van der Waals surface area (Å²) >= 11 is 0. The maximum atomic E-state index is 11.7. The minimum Gasteiger partial charge on any atom is -0.372 e. The van der Waals surface area contributed by atoms with Crippen molar-refractivity contribution in [2.24, 2.45) is 5.73 Å². The number of carbonyl (C=O) groups is 1. The fourth-order valence-corrected chi connectivity index (χ4v) is 1.68. The van der Waals surface area contributed by atoms with E-state index in [-0.39, 0.29) is 5.78 Å². The predicted octanol–water partition coefficient (Wildman–Crippen LogP) is 1.25. The van der Waals surface area contributed by atoms with E-state index < -0.39 is 6.04 Å². The van der Waals surface area contributed by atoms with Crippen molar-refractivity contribution in [1.82, 2.24) is 0 Å². The molecule has 3 heteroatoms. The Hall–Kier alpha value is -1.19. The van der Waals surface area contributed by atoms with Crippen LogP contribution in [0.2, 0.25) is 0 Å². The second kappa shape index (κ2) is 3.52. The van der Waals surface area contributed by atoms with Gasteiger partial charge in [0.05, 0.1) is 19.3 Å². The molecule has 74 valence electrons. The largest absolute Gasteiger partial charge is 0.372 e. The molecule has 1 aliphatic heterocycles. The molecular formula is C11H13NO2. The van der Waals surface area contributed by atoms with Crippen molar-refractivity contribution >= 4 is 5.78 Å².